The summed E-state index contributed by atoms with van der Waals surface area (Å²) in [5, 5.41) is 0. The first-order valence-corrected chi connectivity index (χ1v) is 5.40. The van der Waals surface area contributed by atoms with Crippen LogP contribution < -0.4 is 10.9 Å². The molecule has 0 saturated heterocycles. The Bertz CT molecular complexity index is 463. The third kappa shape index (κ3) is 2.54. The van der Waals surface area contributed by atoms with E-state index in [1.165, 1.54) is 11.1 Å². The fraction of sp³-hybridized carbons (Fsp3) is 0.143. The van der Waals surface area contributed by atoms with E-state index in [4.69, 9.17) is 0 Å². The smallest absolute Gasteiger partial charge is 0.0542 e. The first-order chi connectivity index (χ1) is 7.75. The molecule has 0 unspecified atom stereocenters. The largest absolute Gasteiger partial charge is 0.301 e. The lowest BCUT2D eigenvalue weighted by Gasteiger charge is -2.10. The number of rotatable bonds is 3. The van der Waals surface area contributed by atoms with Gasteiger partial charge in [-0.3, -0.25) is 0 Å². The predicted octanol–water partition coefficient (Wildman–Crippen LogP) is 3.74. The SMILES string of the molecule is Cc1ccc(NNc2ccccc2)cc1C. The molecule has 2 rings (SSSR count). The number of hydrogen-bond donors (Lipinski definition) is 2. The molecule has 2 nitrogen and oxygen atoms in total. The van der Waals surface area contributed by atoms with Crippen LogP contribution in [0.2, 0.25) is 0 Å². The lowest BCUT2D eigenvalue weighted by molar-refractivity contribution is 1.32. The second-order valence-corrected chi connectivity index (χ2v) is 3.92. The number of para-hydroxylation sites is 1. The molecule has 2 aromatic carbocycles. The van der Waals surface area contributed by atoms with Crippen molar-refractivity contribution in [2.45, 2.75) is 13.8 Å². The van der Waals surface area contributed by atoms with E-state index in [0.717, 1.165) is 11.4 Å². The highest BCUT2D eigenvalue weighted by Gasteiger charge is 1.95. The highest BCUT2D eigenvalue weighted by Crippen LogP contribution is 2.14. The van der Waals surface area contributed by atoms with Crippen molar-refractivity contribution in [2.24, 2.45) is 0 Å². The van der Waals surface area contributed by atoms with Crippen LogP contribution in [0.1, 0.15) is 11.1 Å². The number of nitrogens with one attached hydrogen (secondary N) is 2. The quantitative estimate of drug-likeness (QED) is 0.757. The second kappa shape index (κ2) is 4.71. The summed E-state index contributed by atoms with van der Waals surface area (Å²) in [5.74, 6) is 0. The maximum Gasteiger partial charge on any atom is 0.0542 e. The van der Waals surface area contributed by atoms with Crippen molar-refractivity contribution in [2.75, 3.05) is 10.9 Å². The Balaban J connectivity index is 2.03. The van der Waals surface area contributed by atoms with Gasteiger partial charge < -0.3 is 10.9 Å². The molecule has 0 amide bonds. The summed E-state index contributed by atoms with van der Waals surface area (Å²) in [7, 11) is 0. The van der Waals surface area contributed by atoms with Crippen LogP contribution in [0, 0.1) is 13.8 Å². The average molecular weight is 212 g/mol. The Morgan fingerprint density at radius 1 is 0.688 bits per heavy atom. The first-order valence-electron chi connectivity index (χ1n) is 5.40. The number of benzene rings is 2. The molecule has 16 heavy (non-hydrogen) atoms. The van der Waals surface area contributed by atoms with Crippen LogP contribution in [-0.2, 0) is 0 Å². The van der Waals surface area contributed by atoms with Gasteiger partial charge >= 0.3 is 0 Å². The minimum atomic E-state index is 1.06. The van der Waals surface area contributed by atoms with E-state index in [2.05, 4.69) is 42.9 Å². The van der Waals surface area contributed by atoms with Gasteiger partial charge in [-0.15, -0.1) is 0 Å². The number of hydrogen-bond acceptors (Lipinski definition) is 2. The minimum absolute atomic E-state index is 1.06. The molecule has 0 fully saturated rings. The molecule has 0 atom stereocenters. The van der Waals surface area contributed by atoms with Gasteiger partial charge in [-0.2, -0.15) is 0 Å². The highest BCUT2D eigenvalue weighted by molar-refractivity contribution is 5.54. The number of anilines is 2. The third-order valence-corrected chi connectivity index (χ3v) is 2.63. The Hall–Kier alpha value is -1.96. The molecule has 0 radical (unpaired) electrons. The van der Waals surface area contributed by atoms with Gasteiger partial charge in [0.15, 0.2) is 0 Å². The van der Waals surface area contributed by atoms with E-state index < -0.39 is 0 Å². The minimum Gasteiger partial charge on any atom is -0.301 e. The van der Waals surface area contributed by atoms with Crippen molar-refractivity contribution in [1.82, 2.24) is 0 Å². The van der Waals surface area contributed by atoms with Gasteiger partial charge in [0.05, 0.1) is 11.4 Å². The van der Waals surface area contributed by atoms with Crippen molar-refractivity contribution >= 4 is 11.4 Å². The standard InChI is InChI=1S/C14H16N2/c1-11-8-9-14(10-12(11)2)16-15-13-6-4-3-5-7-13/h3-10,15-16H,1-2H3. The molecule has 0 heterocycles. The van der Waals surface area contributed by atoms with E-state index in [1.54, 1.807) is 0 Å². The Labute approximate surface area is 96.3 Å². The van der Waals surface area contributed by atoms with Crippen LogP contribution in [0.3, 0.4) is 0 Å². The molecule has 0 spiro atoms. The van der Waals surface area contributed by atoms with Crippen LogP contribution in [-0.4, -0.2) is 0 Å². The molecule has 2 aromatic rings. The lowest BCUT2D eigenvalue weighted by Crippen LogP contribution is -2.08. The molecular weight excluding hydrogens is 196 g/mol. The summed E-state index contributed by atoms with van der Waals surface area (Å²) in [6.45, 7) is 4.23. The van der Waals surface area contributed by atoms with E-state index in [1.807, 2.05) is 30.3 Å². The van der Waals surface area contributed by atoms with Gasteiger partial charge in [-0.1, -0.05) is 24.3 Å². The molecule has 0 aliphatic heterocycles. The predicted molar refractivity (Wildman–Crippen MR) is 69.6 cm³/mol. The fourth-order valence-electron chi connectivity index (χ4n) is 1.49. The zero-order valence-electron chi connectivity index (χ0n) is 9.62. The molecule has 2 N–H and O–H groups in total. The zero-order valence-corrected chi connectivity index (χ0v) is 9.62. The van der Waals surface area contributed by atoms with Gasteiger partial charge in [0.2, 0.25) is 0 Å². The zero-order chi connectivity index (χ0) is 11.4. The first kappa shape index (κ1) is 10.6. The van der Waals surface area contributed by atoms with Gasteiger partial charge in [0.25, 0.3) is 0 Å². The van der Waals surface area contributed by atoms with Crippen LogP contribution in [0.25, 0.3) is 0 Å². The normalized spacial score (nSPS) is 9.88. The van der Waals surface area contributed by atoms with Gasteiger partial charge in [-0.25, -0.2) is 0 Å². The van der Waals surface area contributed by atoms with Crippen molar-refractivity contribution in [3.63, 3.8) is 0 Å². The molecule has 82 valence electrons. The van der Waals surface area contributed by atoms with E-state index in [0.29, 0.717) is 0 Å². The Kier molecular flexibility index (Phi) is 3.10. The second-order valence-electron chi connectivity index (χ2n) is 3.92. The van der Waals surface area contributed by atoms with Gasteiger partial charge in [0, 0.05) is 0 Å². The summed E-state index contributed by atoms with van der Waals surface area (Å²) in [6, 6.07) is 16.4. The molecule has 0 aliphatic rings. The molecule has 0 saturated carbocycles. The van der Waals surface area contributed by atoms with Crippen molar-refractivity contribution in [1.29, 1.82) is 0 Å². The van der Waals surface area contributed by atoms with Gasteiger partial charge in [-0.05, 0) is 49.2 Å². The molecule has 2 heteroatoms. The molecule has 0 aromatic heterocycles. The summed E-state index contributed by atoms with van der Waals surface area (Å²) >= 11 is 0. The number of hydrazine groups is 1. The molecule has 0 aliphatic carbocycles. The number of aryl methyl sites for hydroxylation is 2. The Morgan fingerprint density at radius 2 is 1.38 bits per heavy atom. The van der Waals surface area contributed by atoms with Crippen LogP contribution in [0.4, 0.5) is 11.4 Å². The lowest BCUT2D eigenvalue weighted by atomic mass is 10.1. The molecular formula is C14H16N2. The monoisotopic (exact) mass is 212 g/mol. The van der Waals surface area contributed by atoms with Crippen molar-refractivity contribution < 1.29 is 0 Å². The molecule has 0 bridgehead atoms. The van der Waals surface area contributed by atoms with Crippen molar-refractivity contribution in [3.05, 3.63) is 59.7 Å². The topological polar surface area (TPSA) is 24.1 Å². The van der Waals surface area contributed by atoms with Crippen LogP contribution in [0.5, 0.6) is 0 Å². The van der Waals surface area contributed by atoms with Crippen LogP contribution >= 0.6 is 0 Å². The maximum atomic E-state index is 3.18. The third-order valence-electron chi connectivity index (χ3n) is 2.63. The average Bonchev–Trinajstić information content (AvgIpc) is 2.32. The van der Waals surface area contributed by atoms with E-state index >= 15 is 0 Å². The fourth-order valence-corrected chi connectivity index (χ4v) is 1.49. The summed E-state index contributed by atoms with van der Waals surface area (Å²) in [6.07, 6.45) is 0. The Morgan fingerprint density at radius 3 is 2.06 bits per heavy atom. The van der Waals surface area contributed by atoms with E-state index in [-0.39, 0.29) is 0 Å². The van der Waals surface area contributed by atoms with Gasteiger partial charge in [0.1, 0.15) is 0 Å². The van der Waals surface area contributed by atoms with Crippen molar-refractivity contribution in [3.8, 4) is 0 Å². The van der Waals surface area contributed by atoms with E-state index in [9.17, 15) is 0 Å². The summed E-state index contributed by atoms with van der Waals surface area (Å²) in [5.41, 5.74) is 11.1. The van der Waals surface area contributed by atoms with Crippen LogP contribution in [0.15, 0.2) is 48.5 Å². The summed E-state index contributed by atoms with van der Waals surface area (Å²) < 4.78 is 0. The summed E-state index contributed by atoms with van der Waals surface area (Å²) in [4.78, 5) is 0. The highest BCUT2D eigenvalue weighted by atomic mass is 15.4. The maximum absolute atomic E-state index is 3.18.